The molecule has 0 atom stereocenters. The molecule has 1 amide bonds. The number of anilines is 1. The first-order valence-corrected chi connectivity index (χ1v) is 7.81. The number of halogens is 3. The summed E-state index contributed by atoms with van der Waals surface area (Å²) < 4.78 is 14.3. The Morgan fingerprint density at radius 3 is 2.83 bits per heavy atom. The smallest absolute Gasteiger partial charge is 0.407 e. The van der Waals surface area contributed by atoms with Crippen LogP contribution >= 0.6 is 27.5 Å². The maximum Gasteiger partial charge on any atom is 0.407 e. The molecule has 0 aliphatic carbocycles. The molecular formula is C13H9BrClFN4O4. The highest BCUT2D eigenvalue weighted by Gasteiger charge is 2.33. The summed E-state index contributed by atoms with van der Waals surface area (Å²) in [5.41, 5.74) is -0.351. The zero-order chi connectivity index (χ0) is 17.6. The predicted octanol–water partition coefficient (Wildman–Crippen LogP) is 3.47. The first kappa shape index (κ1) is 16.7. The second-order valence-corrected chi connectivity index (χ2v) is 6.39. The lowest BCUT2D eigenvalue weighted by Gasteiger charge is -2.37. The van der Waals surface area contributed by atoms with Crippen molar-refractivity contribution in [2.75, 3.05) is 18.4 Å². The molecule has 2 N–H and O–H groups in total. The Bertz CT molecular complexity index is 875. The van der Waals surface area contributed by atoms with Crippen LogP contribution in [0.3, 0.4) is 0 Å². The number of nitro groups is 1. The highest BCUT2D eigenvalue weighted by molar-refractivity contribution is 9.10. The van der Waals surface area contributed by atoms with Gasteiger partial charge < -0.3 is 15.3 Å². The van der Waals surface area contributed by atoms with E-state index in [0.717, 1.165) is 11.1 Å². The largest absolute Gasteiger partial charge is 0.465 e. The zero-order valence-electron chi connectivity index (χ0n) is 11.8. The second-order valence-electron chi connectivity index (χ2n) is 5.19. The van der Waals surface area contributed by atoms with Crippen molar-refractivity contribution in [1.29, 1.82) is 0 Å². The van der Waals surface area contributed by atoms with Crippen LogP contribution in [0.2, 0.25) is 5.02 Å². The van der Waals surface area contributed by atoms with Gasteiger partial charge in [0.25, 0.3) is 0 Å². The fourth-order valence-electron chi connectivity index (χ4n) is 2.45. The molecule has 1 aromatic heterocycles. The molecule has 126 valence electrons. The van der Waals surface area contributed by atoms with Gasteiger partial charge in [-0.25, -0.2) is 14.2 Å². The number of carbonyl (C=O) groups is 1. The van der Waals surface area contributed by atoms with E-state index in [4.69, 9.17) is 16.7 Å². The van der Waals surface area contributed by atoms with Crippen LogP contribution in [0.4, 0.5) is 20.6 Å². The van der Waals surface area contributed by atoms with Gasteiger partial charge in [0.2, 0.25) is 0 Å². The van der Waals surface area contributed by atoms with Crippen LogP contribution in [0, 0.1) is 15.9 Å². The predicted molar refractivity (Wildman–Crippen MR) is 88.1 cm³/mol. The minimum atomic E-state index is -1.07. The van der Waals surface area contributed by atoms with Gasteiger partial charge in [-0.3, -0.25) is 10.1 Å². The molecule has 0 unspecified atom stereocenters. The summed E-state index contributed by atoms with van der Waals surface area (Å²) in [5.74, 6) is -0.726. The summed E-state index contributed by atoms with van der Waals surface area (Å²) in [6, 6.07) is 1.05. The molecule has 1 aliphatic heterocycles. The third-order valence-corrected chi connectivity index (χ3v) is 4.98. The highest BCUT2D eigenvalue weighted by Crippen LogP contribution is 2.39. The van der Waals surface area contributed by atoms with Crippen molar-refractivity contribution < 1.29 is 19.2 Å². The van der Waals surface area contributed by atoms with Gasteiger partial charge >= 0.3 is 11.8 Å². The molecule has 2 heterocycles. The lowest BCUT2D eigenvalue weighted by atomic mass is 10.1. The Morgan fingerprint density at radius 1 is 1.58 bits per heavy atom. The summed E-state index contributed by atoms with van der Waals surface area (Å²) in [4.78, 5) is 26.4. The van der Waals surface area contributed by atoms with Gasteiger partial charge in [0.05, 0.1) is 20.5 Å². The Balaban J connectivity index is 2.08. The SMILES string of the molecule is O=C(O)N1CC(Nc2c([N+](=O)[O-])cnc3c(F)c(Br)c(Cl)cc23)C1. The number of hydrogen-bond acceptors (Lipinski definition) is 5. The quantitative estimate of drug-likeness (QED) is 0.448. The summed E-state index contributed by atoms with van der Waals surface area (Å²) >= 11 is 8.95. The molecule has 11 heteroatoms. The number of amides is 1. The van der Waals surface area contributed by atoms with Crippen molar-refractivity contribution in [3.05, 3.63) is 37.7 Å². The van der Waals surface area contributed by atoms with E-state index in [1.165, 1.54) is 6.07 Å². The van der Waals surface area contributed by atoms with Gasteiger partial charge in [0.1, 0.15) is 17.4 Å². The van der Waals surface area contributed by atoms with Crippen LogP contribution in [0.5, 0.6) is 0 Å². The molecule has 8 nitrogen and oxygen atoms in total. The second kappa shape index (κ2) is 6.02. The summed E-state index contributed by atoms with van der Waals surface area (Å²) in [6.45, 7) is 0.339. The van der Waals surface area contributed by atoms with E-state index in [2.05, 4.69) is 26.2 Å². The number of fused-ring (bicyclic) bond motifs is 1. The van der Waals surface area contributed by atoms with Gasteiger partial charge in [-0.15, -0.1) is 0 Å². The Hall–Kier alpha value is -2.20. The summed E-state index contributed by atoms with van der Waals surface area (Å²) in [5, 5.41) is 23.2. The van der Waals surface area contributed by atoms with Gasteiger partial charge in [-0.2, -0.15) is 0 Å². The van der Waals surface area contributed by atoms with E-state index in [-0.39, 0.29) is 50.9 Å². The fraction of sp³-hybridized carbons (Fsp3) is 0.231. The van der Waals surface area contributed by atoms with Crippen molar-refractivity contribution in [2.24, 2.45) is 0 Å². The number of hydrogen-bond donors (Lipinski definition) is 2. The molecule has 1 aromatic carbocycles. The minimum absolute atomic E-state index is 0.0182. The third-order valence-electron chi connectivity index (χ3n) is 3.68. The topological polar surface area (TPSA) is 109 Å². The Kier molecular flexibility index (Phi) is 4.18. The summed E-state index contributed by atoms with van der Waals surface area (Å²) in [6.07, 6.45) is -0.109. The number of likely N-dealkylation sites (tertiary alicyclic amines) is 1. The number of nitrogens with one attached hydrogen (secondary N) is 1. The van der Waals surface area contributed by atoms with E-state index < -0.39 is 16.8 Å². The highest BCUT2D eigenvalue weighted by atomic mass is 79.9. The van der Waals surface area contributed by atoms with Crippen molar-refractivity contribution in [1.82, 2.24) is 9.88 Å². The molecule has 2 aromatic rings. The first-order valence-electron chi connectivity index (χ1n) is 6.64. The molecule has 0 spiro atoms. The van der Waals surface area contributed by atoms with Crippen LogP contribution in [0.15, 0.2) is 16.7 Å². The summed E-state index contributed by atoms with van der Waals surface area (Å²) in [7, 11) is 0. The normalized spacial score (nSPS) is 14.5. The maximum atomic E-state index is 14.3. The van der Waals surface area contributed by atoms with Crippen LogP contribution in [-0.2, 0) is 0 Å². The lowest BCUT2D eigenvalue weighted by molar-refractivity contribution is -0.384. The number of benzene rings is 1. The average molecular weight is 420 g/mol. The fourth-order valence-corrected chi connectivity index (χ4v) is 2.95. The molecular weight excluding hydrogens is 411 g/mol. The van der Waals surface area contributed by atoms with E-state index in [1.54, 1.807) is 0 Å². The van der Waals surface area contributed by atoms with Crippen LogP contribution in [0.25, 0.3) is 10.9 Å². The van der Waals surface area contributed by atoms with E-state index >= 15 is 0 Å². The van der Waals surface area contributed by atoms with Crippen molar-refractivity contribution in [3.8, 4) is 0 Å². The lowest BCUT2D eigenvalue weighted by Crippen LogP contribution is -2.56. The van der Waals surface area contributed by atoms with Crippen molar-refractivity contribution in [3.63, 3.8) is 0 Å². The van der Waals surface area contributed by atoms with Crippen LogP contribution in [-0.4, -0.2) is 45.1 Å². The number of pyridine rings is 1. The molecule has 0 bridgehead atoms. The monoisotopic (exact) mass is 418 g/mol. The number of nitrogens with zero attached hydrogens (tertiary/aromatic N) is 3. The van der Waals surface area contributed by atoms with E-state index in [0.29, 0.717) is 0 Å². The van der Waals surface area contributed by atoms with E-state index in [1.807, 2.05) is 0 Å². The van der Waals surface area contributed by atoms with Gasteiger partial charge in [0.15, 0.2) is 5.82 Å². The number of rotatable bonds is 3. The van der Waals surface area contributed by atoms with Gasteiger partial charge in [0, 0.05) is 18.5 Å². The van der Waals surface area contributed by atoms with Crippen LogP contribution in [0.1, 0.15) is 0 Å². The number of carboxylic acid groups (broad SMARTS) is 1. The molecule has 1 aliphatic rings. The Labute approximate surface area is 147 Å². The molecule has 24 heavy (non-hydrogen) atoms. The third kappa shape index (κ3) is 2.71. The molecule has 3 rings (SSSR count). The van der Waals surface area contributed by atoms with Gasteiger partial charge in [-0.05, 0) is 22.0 Å². The molecule has 0 saturated carbocycles. The standard InChI is InChI=1S/C13H9BrClFN4O4/c14-9-7(15)1-6-11(18-5-3-19(4-5)13(21)22)8(20(23)24)2-17-12(6)10(9)16/h1-2,5H,3-4H2,(H,17,18)(H,21,22). The number of aromatic nitrogens is 1. The molecule has 0 radical (unpaired) electrons. The van der Waals surface area contributed by atoms with Gasteiger partial charge in [-0.1, -0.05) is 11.6 Å². The Morgan fingerprint density at radius 2 is 2.25 bits per heavy atom. The maximum absolute atomic E-state index is 14.3. The van der Waals surface area contributed by atoms with Crippen molar-refractivity contribution >= 4 is 55.9 Å². The molecule has 1 saturated heterocycles. The van der Waals surface area contributed by atoms with Crippen LogP contribution < -0.4 is 5.32 Å². The molecule has 1 fully saturated rings. The average Bonchev–Trinajstić information content (AvgIpc) is 2.47. The zero-order valence-corrected chi connectivity index (χ0v) is 14.1. The minimum Gasteiger partial charge on any atom is -0.465 e. The first-order chi connectivity index (χ1) is 11.3. The van der Waals surface area contributed by atoms with E-state index in [9.17, 15) is 19.3 Å². The van der Waals surface area contributed by atoms with Crippen molar-refractivity contribution in [2.45, 2.75) is 6.04 Å².